The Hall–Kier alpha value is -3.12. The van der Waals surface area contributed by atoms with Crippen LogP contribution < -0.4 is 10.3 Å². The largest absolute Gasteiger partial charge is 0.497 e. The van der Waals surface area contributed by atoms with Gasteiger partial charge in [-0.05, 0) is 48.2 Å². The lowest BCUT2D eigenvalue weighted by atomic mass is 10.1. The minimum Gasteiger partial charge on any atom is -0.497 e. The van der Waals surface area contributed by atoms with Crippen LogP contribution in [0.2, 0.25) is 0 Å². The van der Waals surface area contributed by atoms with E-state index in [2.05, 4.69) is 9.88 Å². The molecular formula is C23H25N3O3. The van der Waals surface area contributed by atoms with Crippen molar-refractivity contribution in [3.05, 3.63) is 75.6 Å². The van der Waals surface area contributed by atoms with E-state index in [1.807, 2.05) is 54.3 Å². The molecular weight excluding hydrogens is 366 g/mol. The summed E-state index contributed by atoms with van der Waals surface area (Å²) in [4.78, 5) is 32.3. The number of hydrogen-bond donors (Lipinski definition) is 1. The summed E-state index contributed by atoms with van der Waals surface area (Å²) >= 11 is 0. The van der Waals surface area contributed by atoms with Gasteiger partial charge in [-0.3, -0.25) is 14.5 Å². The highest BCUT2D eigenvalue weighted by atomic mass is 16.5. The van der Waals surface area contributed by atoms with E-state index in [1.165, 1.54) is 0 Å². The van der Waals surface area contributed by atoms with Crippen molar-refractivity contribution in [1.82, 2.24) is 14.8 Å². The lowest BCUT2D eigenvalue weighted by Gasteiger charge is -2.34. The molecule has 0 radical (unpaired) electrons. The fourth-order valence-corrected chi connectivity index (χ4v) is 3.77. The van der Waals surface area contributed by atoms with E-state index >= 15 is 0 Å². The Kier molecular flexibility index (Phi) is 5.36. The number of fused-ring (bicyclic) bond motifs is 1. The van der Waals surface area contributed by atoms with E-state index in [9.17, 15) is 9.59 Å². The first kappa shape index (κ1) is 19.2. The van der Waals surface area contributed by atoms with Crippen molar-refractivity contribution in [2.24, 2.45) is 0 Å². The van der Waals surface area contributed by atoms with Gasteiger partial charge in [0.15, 0.2) is 0 Å². The van der Waals surface area contributed by atoms with Gasteiger partial charge in [-0.15, -0.1) is 0 Å². The molecule has 6 nitrogen and oxygen atoms in total. The number of aryl methyl sites for hydroxylation is 1. The Balaban J connectivity index is 1.41. The highest BCUT2D eigenvalue weighted by Crippen LogP contribution is 2.17. The van der Waals surface area contributed by atoms with Crippen molar-refractivity contribution in [1.29, 1.82) is 0 Å². The van der Waals surface area contributed by atoms with E-state index in [4.69, 9.17) is 4.74 Å². The van der Waals surface area contributed by atoms with E-state index in [-0.39, 0.29) is 11.5 Å². The SMILES string of the molecule is COc1cccc(C(=O)N2CCN(Cc3cc4ccc(C)cc4[nH]c3=O)CC2)c1. The van der Waals surface area contributed by atoms with Gasteiger partial charge in [-0.25, -0.2) is 0 Å². The van der Waals surface area contributed by atoms with Gasteiger partial charge in [0, 0.05) is 49.4 Å². The molecule has 2 aromatic carbocycles. The second-order valence-electron chi connectivity index (χ2n) is 7.51. The summed E-state index contributed by atoms with van der Waals surface area (Å²) in [5.41, 5.74) is 3.34. The van der Waals surface area contributed by atoms with Crippen LogP contribution in [-0.4, -0.2) is 54.0 Å². The van der Waals surface area contributed by atoms with Gasteiger partial charge < -0.3 is 14.6 Å². The number of carbonyl (C=O) groups excluding carboxylic acids is 1. The Bertz CT molecular complexity index is 1100. The van der Waals surface area contributed by atoms with Crippen LogP contribution in [0.5, 0.6) is 5.75 Å². The molecule has 1 fully saturated rings. The van der Waals surface area contributed by atoms with Crippen molar-refractivity contribution >= 4 is 16.8 Å². The zero-order chi connectivity index (χ0) is 20.4. The average Bonchev–Trinajstić information content (AvgIpc) is 2.74. The van der Waals surface area contributed by atoms with Gasteiger partial charge in [0.05, 0.1) is 7.11 Å². The Morgan fingerprint density at radius 1 is 1.07 bits per heavy atom. The van der Waals surface area contributed by atoms with Crippen molar-refractivity contribution in [3.8, 4) is 5.75 Å². The van der Waals surface area contributed by atoms with Gasteiger partial charge in [-0.1, -0.05) is 18.2 Å². The van der Waals surface area contributed by atoms with E-state index in [0.29, 0.717) is 30.9 Å². The molecule has 3 aromatic rings. The fraction of sp³-hybridized carbons (Fsp3) is 0.304. The highest BCUT2D eigenvalue weighted by molar-refractivity contribution is 5.94. The first-order valence-corrected chi connectivity index (χ1v) is 9.82. The zero-order valence-corrected chi connectivity index (χ0v) is 16.8. The van der Waals surface area contributed by atoms with Crippen LogP contribution in [0.3, 0.4) is 0 Å². The number of aromatic nitrogens is 1. The lowest BCUT2D eigenvalue weighted by molar-refractivity contribution is 0.0627. The fourth-order valence-electron chi connectivity index (χ4n) is 3.77. The molecule has 0 bridgehead atoms. The van der Waals surface area contributed by atoms with Crippen LogP contribution in [0.15, 0.2) is 53.3 Å². The van der Waals surface area contributed by atoms with Gasteiger partial charge in [0.25, 0.3) is 11.5 Å². The number of ether oxygens (including phenoxy) is 1. The number of H-pyrrole nitrogens is 1. The third kappa shape index (κ3) is 4.17. The molecule has 1 aromatic heterocycles. The number of benzene rings is 2. The van der Waals surface area contributed by atoms with Crippen LogP contribution in [0.4, 0.5) is 0 Å². The number of nitrogens with one attached hydrogen (secondary N) is 1. The molecule has 0 aliphatic carbocycles. The highest BCUT2D eigenvalue weighted by Gasteiger charge is 2.23. The van der Waals surface area contributed by atoms with Gasteiger partial charge in [0.1, 0.15) is 5.75 Å². The second kappa shape index (κ2) is 8.09. The molecule has 0 atom stereocenters. The summed E-state index contributed by atoms with van der Waals surface area (Å²) in [6, 6.07) is 15.3. The van der Waals surface area contributed by atoms with Crippen LogP contribution in [0.25, 0.3) is 10.9 Å². The first-order valence-electron chi connectivity index (χ1n) is 9.82. The standard InChI is InChI=1S/C23H25N3O3/c1-16-6-7-17-13-19(22(27)24-21(17)12-16)15-25-8-10-26(11-9-25)23(28)18-4-3-5-20(14-18)29-2/h3-7,12-14H,8-11,15H2,1-2H3,(H,24,27). The maximum Gasteiger partial charge on any atom is 0.254 e. The number of piperazine rings is 1. The van der Waals surface area contributed by atoms with Gasteiger partial charge in [-0.2, -0.15) is 0 Å². The molecule has 0 spiro atoms. The third-order valence-electron chi connectivity index (χ3n) is 5.45. The molecule has 1 aliphatic rings. The molecule has 1 aliphatic heterocycles. The molecule has 1 N–H and O–H groups in total. The third-order valence-corrected chi connectivity index (χ3v) is 5.45. The monoisotopic (exact) mass is 391 g/mol. The summed E-state index contributed by atoms with van der Waals surface area (Å²) in [7, 11) is 1.60. The van der Waals surface area contributed by atoms with Crippen molar-refractivity contribution in [2.45, 2.75) is 13.5 Å². The maximum atomic E-state index is 12.8. The maximum absolute atomic E-state index is 12.8. The van der Waals surface area contributed by atoms with Gasteiger partial charge >= 0.3 is 0 Å². The van der Waals surface area contributed by atoms with E-state index in [0.717, 1.165) is 35.1 Å². The van der Waals surface area contributed by atoms with Crippen LogP contribution in [-0.2, 0) is 6.54 Å². The molecule has 1 saturated heterocycles. The second-order valence-corrected chi connectivity index (χ2v) is 7.51. The molecule has 2 heterocycles. The predicted molar refractivity (Wildman–Crippen MR) is 113 cm³/mol. The summed E-state index contributed by atoms with van der Waals surface area (Å²) < 4.78 is 5.21. The molecule has 1 amide bonds. The normalized spacial score (nSPS) is 14.9. The number of methoxy groups -OCH3 is 1. The molecule has 0 saturated carbocycles. The lowest BCUT2D eigenvalue weighted by Crippen LogP contribution is -2.48. The van der Waals surface area contributed by atoms with Crippen molar-refractivity contribution in [3.63, 3.8) is 0 Å². The topological polar surface area (TPSA) is 65.6 Å². The minimum absolute atomic E-state index is 0.0162. The number of amides is 1. The Labute approximate surface area is 169 Å². The minimum atomic E-state index is -0.0435. The van der Waals surface area contributed by atoms with Crippen LogP contribution in [0.1, 0.15) is 21.5 Å². The molecule has 150 valence electrons. The van der Waals surface area contributed by atoms with Crippen molar-refractivity contribution < 1.29 is 9.53 Å². The zero-order valence-electron chi connectivity index (χ0n) is 16.8. The van der Waals surface area contributed by atoms with E-state index in [1.54, 1.807) is 13.2 Å². The number of carbonyl (C=O) groups is 1. The van der Waals surface area contributed by atoms with Crippen LogP contribution >= 0.6 is 0 Å². The van der Waals surface area contributed by atoms with E-state index < -0.39 is 0 Å². The predicted octanol–water partition coefficient (Wildman–Crippen LogP) is 2.80. The summed E-state index contributed by atoms with van der Waals surface area (Å²) in [5, 5.41) is 1.04. The molecule has 4 rings (SSSR count). The number of pyridine rings is 1. The number of rotatable bonds is 4. The van der Waals surface area contributed by atoms with Crippen LogP contribution in [0, 0.1) is 6.92 Å². The number of aromatic amines is 1. The van der Waals surface area contributed by atoms with Crippen molar-refractivity contribution in [2.75, 3.05) is 33.3 Å². The molecule has 29 heavy (non-hydrogen) atoms. The number of nitrogens with zero attached hydrogens (tertiary/aromatic N) is 2. The molecule has 6 heteroatoms. The number of hydrogen-bond acceptors (Lipinski definition) is 4. The quantitative estimate of drug-likeness (QED) is 0.743. The smallest absolute Gasteiger partial charge is 0.254 e. The average molecular weight is 391 g/mol. The Morgan fingerprint density at radius 2 is 1.86 bits per heavy atom. The Morgan fingerprint density at radius 3 is 2.62 bits per heavy atom. The summed E-state index contributed by atoms with van der Waals surface area (Å²) in [6.07, 6.45) is 0. The molecule has 0 unspecified atom stereocenters. The van der Waals surface area contributed by atoms with Gasteiger partial charge in [0.2, 0.25) is 0 Å². The first-order chi connectivity index (χ1) is 14.0. The summed E-state index contributed by atoms with van der Waals surface area (Å²) in [5.74, 6) is 0.697. The summed E-state index contributed by atoms with van der Waals surface area (Å²) in [6.45, 7) is 5.35.